The summed E-state index contributed by atoms with van der Waals surface area (Å²) in [4.78, 5) is 3.82. The van der Waals surface area contributed by atoms with Gasteiger partial charge in [0.05, 0.1) is 12.4 Å². The Hall–Kier alpha value is -1.40. The summed E-state index contributed by atoms with van der Waals surface area (Å²) in [6.07, 6.45) is 3.29. The highest BCUT2D eigenvalue weighted by Crippen LogP contribution is 2.25. The van der Waals surface area contributed by atoms with E-state index in [0.717, 1.165) is 0 Å². The normalized spacial score (nSPS) is 10.9. The van der Waals surface area contributed by atoms with Crippen LogP contribution in [0.2, 0.25) is 10.4 Å². The zero-order valence-corrected chi connectivity index (χ0v) is 10.6. The molecule has 2 heterocycles. The average molecular weight is 274 g/mol. The van der Waals surface area contributed by atoms with Gasteiger partial charge in [0, 0.05) is 6.04 Å². The highest BCUT2D eigenvalue weighted by atomic mass is 35.5. The maximum Gasteiger partial charge on any atom is 0.262 e. The lowest BCUT2D eigenvalue weighted by molar-refractivity contribution is 0.454. The van der Waals surface area contributed by atoms with Crippen molar-refractivity contribution in [3.63, 3.8) is 0 Å². The average Bonchev–Trinajstić information content (AvgIpc) is 2.72. The van der Waals surface area contributed by atoms with Crippen LogP contribution in [0.3, 0.4) is 0 Å². The molecule has 0 aliphatic heterocycles. The molecule has 0 aliphatic carbocycles. The van der Waals surface area contributed by atoms with Gasteiger partial charge in [0.1, 0.15) is 0 Å². The largest absolute Gasteiger partial charge is 0.433 e. The molecule has 2 rings (SSSR count). The minimum atomic E-state index is -0.0272. The van der Waals surface area contributed by atoms with E-state index in [1.54, 1.807) is 17.1 Å². The second-order valence-corrected chi connectivity index (χ2v) is 4.22. The summed E-state index contributed by atoms with van der Waals surface area (Å²) in [5.41, 5.74) is 0. The van der Waals surface area contributed by atoms with Gasteiger partial charge in [0.15, 0.2) is 5.75 Å². The molecule has 0 saturated heterocycles. The van der Waals surface area contributed by atoms with Crippen molar-refractivity contribution in [2.45, 2.75) is 19.9 Å². The standard InChI is InChI=1S/C9H9Cl2N5O/c1-5(2)16-4-6(3-12-16)17-8-7(10)14-15-9(11)13-8/h3-5H,1-2H3. The predicted octanol–water partition coefficient (Wildman–Crippen LogP) is 2.75. The highest BCUT2D eigenvalue weighted by molar-refractivity contribution is 6.31. The monoisotopic (exact) mass is 273 g/mol. The first-order chi connectivity index (χ1) is 8.06. The molecule has 0 atom stereocenters. The van der Waals surface area contributed by atoms with Gasteiger partial charge in [-0.1, -0.05) is 11.6 Å². The molecular weight excluding hydrogens is 265 g/mol. The van der Waals surface area contributed by atoms with Crippen LogP contribution in [0.25, 0.3) is 0 Å². The molecule has 8 heteroatoms. The molecule has 2 aromatic rings. The van der Waals surface area contributed by atoms with Gasteiger partial charge < -0.3 is 4.74 Å². The van der Waals surface area contributed by atoms with Crippen molar-refractivity contribution in [3.8, 4) is 11.6 Å². The molecule has 2 aromatic heterocycles. The number of aromatic nitrogens is 5. The minimum Gasteiger partial charge on any atom is -0.433 e. The quantitative estimate of drug-likeness (QED) is 0.860. The third kappa shape index (κ3) is 2.83. The fourth-order valence-electron chi connectivity index (χ4n) is 1.11. The van der Waals surface area contributed by atoms with Crippen molar-refractivity contribution in [1.82, 2.24) is 25.0 Å². The van der Waals surface area contributed by atoms with E-state index >= 15 is 0 Å². The fourth-order valence-corrected chi connectivity index (χ4v) is 1.35. The maximum atomic E-state index is 5.77. The van der Waals surface area contributed by atoms with Gasteiger partial charge in [-0.25, -0.2) is 0 Å². The van der Waals surface area contributed by atoms with Crippen LogP contribution in [0.1, 0.15) is 19.9 Å². The maximum absolute atomic E-state index is 5.77. The SMILES string of the molecule is CC(C)n1cc(Oc2nc(Cl)nnc2Cl)cn1. The van der Waals surface area contributed by atoms with Crippen molar-refractivity contribution < 1.29 is 4.74 Å². The third-order valence-electron chi connectivity index (χ3n) is 1.91. The molecule has 0 N–H and O–H groups in total. The third-order valence-corrected chi connectivity index (χ3v) is 2.31. The zero-order chi connectivity index (χ0) is 12.4. The summed E-state index contributed by atoms with van der Waals surface area (Å²) in [5, 5.41) is 11.2. The predicted molar refractivity (Wildman–Crippen MR) is 62.5 cm³/mol. The van der Waals surface area contributed by atoms with E-state index in [2.05, 4.69) is 20.3 Å². The van der Waals surface area contributed by atoms with Gasteiger partial charge in [0.2, 0.25) is 10.4 Å². The van der Waals surface area contributed by atoms with Crippen LogP contribution in [0, 0.1) is 0 Å². The van der Waals surface area contributed by atoms with Gasteiger partial charge in [-0.3, -0.25) is 4.68 Å². The van der Waals surface area contributed by atoms with Crippen LogP contribution >= 0.6 is 23.2 Å². The number of rotatable bonds is 3. The van der Waals surface area contributed by atoms with E-state index in [1.165, 1.54) is 0 Å². The second kappa shape index (κ2) is 4.85. The fraction of sp³-hybridized carbons (Fsp3) is 0.333. The first-order valence-electron chi connectivity index (χ1n) is 4.84. The minimum absolute atomic E-state index is 0.0272. The van der Waals surface area contributed by atoms with Gasteiger partial charge >= 0.3 is 0 Å². The molecule has 0 spiro atoms. The molecule has 0 unspecified atom stereocenters. The van der Waals surface area contributed by atoms with Crippen molar-refractivity contribution >= 4 is 23.2 Å². The van der Waals surface area contributed by atoms with Gasteiger partial charge in [-0.05, 0) is 25.4 Å². The van der Waals surface area contributed by atoms with Crippen LogP contribution in [-0.2, 0) is 0 Å². The molecule has 6 nitrogen and oxygen atoms in total. The van der Waals surface area contributed by atoms with E-state index in [0.29, 0.717) is 5.75 Å². The molecule has 0 aliphatic rings. The summed E-state index contributed by atoms with van der Waals surface area (Å²) < 4.78 is 7.16. The topological polar surface area (TPSA) is 65.7 Å². The second-order valence-electron chi connectivity index (χ2n) is 3.53. The van der Waals surface area contributed by atoms with Crippen LogP contribution < -0.4 is 4.74 Å². The molecule has 0 bridgehead atoms. The molecule has 0 fully saturated rings. The smallest absolute Gasteiger partial charge is 0.262 e. The highest BCUT2D eigenvalue weighted by Gasteiger charge is 2.10. The van der Waals surface area contributed by atoms with E-state index in [-0.39, 0.29) is 22.4 Å². The van der Waals surface area contributed by atoms with Crippen LogP contribution in [0.5, 0.6) is 11.6 Å². The number of hydrogen-bond acceptors (Lipinski definition) is 5. The van der Waals surface area contributed by atoms with Crippen molar-refractivity contribution in [2.75, 3.05) is 0 Å². The van der Waals surface area contributed by atoms with Crippen LogP contribution in [-0.4, -0.2) is 25.0 Å². The summed E-state index contributed by atoms with van der Waals surface area (Å²) >= 11 is 11.4. The molecule has 0 radical (unpaired) electrons. The summed E-state index contributed by atoms with van der Waals surface area (Å²) in [6.45, 7) is 4.01. The molecule has 0 amide bonds. The summed E-state index contributed by atoms with van der Waals surface area (Å²) in [5.74, 6) is 0.618. The Labute approximate surface area is 108 Å². The van der Waals surface area contributed by atoms with Crippen LogP contribution in [0.4, 0.5) is 0 Å². The van der Waals surface area contributed by atoms with Gasteiger partial charge in [0.25, 0.3) is 5.88 Å². The Bertz CT molecular complexity index is 528. The lowest BCUT2D eigenvalue weighted by Crippen LogP contribution is -1.99. The molecule has 90 valence electrons. The zero-order valence-electron chi connectivity index (χ0n) is 9.13. The summed E-state index contributed by atoms with van der Waals surface area (Å²) in [7, 11) is 0. The Kier molecular flexibility index (Phi) is 3.44. The lowest BCUT2D eigenvalue weighted by Gasteiger charge is -2.04. The first-order valence-corrected chi connectivity index (χ1v) is 5.59. The van der Waals surface area contributed by atoms with E-state index < -0.39 is 0 Å². The van der Waals surface area contributed by atoms with Crippen LogP contribution in [0.15, 0.2) is 12.4 Å². The molecule has 0 aromatic carbocycles. The number of ether oxygens (including phenoxy) is 1. The van der Waals surface area contributed by atoms with E-state index in [4.69, 9.17) is 27.9 Å². The molecular formula is C9H9Cl2N5O. The summed E-state index contributed by atoms with van der Waals surface area (Å²) in [6, 6.07) is 0.245. The van der Waals surface area contributed by atoms with E-state index in [9.17, 15) is 0 Å². The lowest BCUT2D eigenvalue weighted by atomic mass is 10.4. The number of nitrogens with zero attached hydrogens (tertiary/aromatic N) is 5. The van der Waals surface area contributed by atoms with Gasteiger partial charge in [-0.2, -0.15) is 10.1 Å². The molecule has 0 saturated carbocycles. The Balaban J connectivity index is 2.22. The van der Waals surface area contributed by atoms with Crippen molar-refractivity contribution in [2.24, 2.45) is 0 Å². The van der Waals surface area contributed by atoms with Crippen molar-refractivity contribution in [3.05, 3.63) is 22.8 Å². The number of halogens is 2. The Morgan fingerprint density at radius 2 is 2.06 bits per heavy atom. The van der Waals surface area contributed by atoms with Gasteiger partial charge in [-0.15, -0.1) is 10.2 Å². The van der Waals surface area contributed by atoms with E-state index in [1.807, 2.05) is 13.8 Å². The van der Waals surface area contributed by atoms with Crippen molar-refractivity contribution in [1.29, 1.82) is 0 Å². The number of hydrogen-bond donors (Lipinski definition) is 0. The first kappa shape index (κ1) is 12.1. The Morgan fingerprint density at radius 3 is 2.71 bits per heavy atom. The molecule has 17 heavy (non-hydrogen) atoms. The Morgan fingerprint density at radius 1 is 1.29 bits per heavy atom.